The van der Waals surface area contributed by atoms with Crippen molar-refractivity contribution >= 4 is 22.2 Å². The van der Waals surface area contributed by atoms with E-state index in [4.69, 9.17) is 0 Å². The van der Waals surface area contributed by atoms with Gasteiger partial charge < -0.3 is 0 Å². The summed E-state index contributed by atoms with van der Waals surface area (Å²) < 4.78 is 1.83. The van der Waals surface area contributed by atoms with E-state index in [1.54, 1.807) is 6.07 Å². The summed E-state index contributed by atoms with van der Waals surface area (Å²) in [6, 6.07) is 1.74. The molecule has 3 nitrogen and oxygen atoms in total. The van der Waals surface area contributed by atoms with Crippen LogP contribution in [0.1, 0.15) is 36.2 Å². The van der Waals surface area contributed by atoms with Crippen LogP contribution in [0.15, 0.2) is 12.3 Å². The van der Waals surface area contributed by atoms with Gasteiger partial charge in [0.15, 0.2) is 6.29 Å². The molecule has 0 aliphatic carbocycles. The molecule has 0 unspecified atom stereocenters. The van der Waals surface area contributed by atoms with E-state index in [-0.39, 0.29) is 0 Å². The number of aromatic nitrogens is 2. The van der Waals surface area contributed by atoms with Gasteiger partial charge in [0.05, 0.1) is 0 Å². The van der Waals surface area contributed by atoms with Gasteiger partial charge in [0, 0.05) is 18.1 Å². The molecule has 0 amide bonds. The van der Waals surface area contributed by atoms with Crippen molar-refractivity contribution in [3.8, 4) is 0 Å². The van der Waals surface area contributed by atoms with Gasteiger partial charge in [-0.15, -0.1) is 0 Å². The van der Waals surface area contributed by atoms with Crippen LogP contribution in [0.5, 0.6) is 0 Å². The van der Waals surface area contributed by atoms with Crippen LogP contribution >= 0.6 is 15.9 Å². The summed E-state index contributed by atoms with van der Waals surface area (Å²) in [4.78, 5) is 10.4. The van der Waals surface area contributed by atoms with Crippen LogP contribution in [0.2, 0.25) is 0 Å². The van der Waals surface area contributed by atoms with Crippen LogP contribution in [-0.2, 0) is 6.54 Å². The number of hydrogen-bond acceptors (Lipinski definition) is 2. The van der Waals surface area contributed by atoms with Crippen LogP contribution in [0.25, 0.3) is 0 Å². The first-order valence-corrected chi connectivity index (χ1v) is 6.03. The van der Waals surface area contributed by atoms with E-state index < -0.39 is 0 Å². The van der Waals surface area contributed by atoms with Crippen LogP contribution < -0.4 is 0 Å². The highest BCUT2D eigenvalue weighted by molar-refractivity contribution is 9.09. The minimum Gasteiger partial charge on any atom is -0.296 e. The fourth-order valence-corrected chi connectivity index (χ4v) is 1.68. The van der Waals surface area contributed by atoms with Crippen molar-refractivity contribution in [2.24, 2.45) is 0 Å². The van der Waals surface area contributed by atoms with Crippen LogP contribution in [0.3, 0.4) is 0 Å². The molecule has 1 heterocycles. The fourth-order valence-electron chi connectivity index (χ4n) is 1.29. The molecule has 1 rings (SSSR count). The lowest BCUT2D eigenvalue weighted by molar-refractivity contribution is 0.111. The molecule has 0 aliphatic rings. The third-order valence-electron chi connectivity index (χ3n) is 2.05. The molecule has 1 aromatic rings. The summed E-state index contributed by atoms with van der Waals surface area (Å²) in [6.45, 7) is 0.913. The number of halogens is 1. The molecular formula is C10H15BrN2O. The van der Waals surface area contributed by atoms with E-state index in [0.717, 1.165) is 24.6 Å². The predicted molar refractivity (Wildman–Crippen MR) is 59.9 cm³/mol. The number of alkyl halides is 1. The monoisotopic (exact) mass is 258 g/mol. The Hall–Kier alpha value is -0.640. The average molecular weight is 259 g/mol. The Kier molecular flexibility index (Phi) is 5.52. The minimum absolute atomic E-state index is 0.519. The molecule has 0 saturated carbocycles. The highest BCUT2D eigenvalue weighted by Crippen LogP contribution is 2.03. The molecule has 1 aromatic heterocycles. The number of rotatable bonds is 7. The molecular weight excluding hydrogens is 244 g/mol. The molecule has 0 saturated heterocycles. The fraction of sp³-hybridized carbons (Fsp3) is 0.600. The number of aldehydes is 1. The number of unbranched alkanes of at least 4 members (excludes halogenated alkanes) is 3. The van der Waals surface area contributed by atoms with Gasteiger partial charge in [-0.25, -0.2) is 0 Å². The van der Waals surface area contributed by atoms with Gasteiger partial charge in [-0.1, -0.05) is 28.8 Å². The third kappa shape index (κ3) is 4.05. The Labute approximate surface area is 92.6 Å². The summed E-state index contributed by atoms with van der Waals surface area (Å²) >= 11 is 3.40. The summed E-state index contributed by atoms with van der Waals surface area (Å²) in [5, 5.41) is 5.17. The van der Waals surface area contributed by atoms with Gasteiger partial charge >= 0.3 is 0 Å². The lowest BCUT2D eigenvalue weighted by atomic mass is 10.2. The number of carbonyl (C=O) groups excluding carboxylic acids is 1. The molecule has 0 aromatic carbocycles. The Morgan fingerprint density at radius 2 is 2.14 bits per heavy atom. The largest absolute Gasteiger partial charge is 0.296 e. The first-order chi connectivity index (χ1) is 6.86. The lowest BCUT2D eigenvalue weighted by Crippen LogP contribution is -1.99. The standard InChI is InChI=1S/C10H15BrN2O/c11-6-3-1-2-4-7-13-8-5-10(9-14)12-13/h5,8-9H,1-4,6-7H2. The van der Waals surface area contributed by atoms with Crippen LogP contribution in [0.4, 0.5) is 0 Å². The van der Waals surface area contributed by atoms with E-state index in [0.29, 0.717) is 5.69 Å². The summed E-state index contributed by atoms with van der Waals surface area (Å²) in [5.74, 6) is 0. The van der Waals surface area contributed by atoms with E-state index in [1.807, 2.05) is 10.9 Å². The minimum atomic E-state index is 0.519. The number of nitrogens with zero attached hydrogens (tertiary/aromatic N) is 2. The highest BCUT2D eigenvalue weighted by atomic mass is 79.9. The average Bonchev–Trinajstić information content (AvgIpc) is 2.65. The van der Waals surface area contributed by atoms with Gasteiger partial charge in [-0.2, -0.15) is 5.10 Å². The maximum Gasteiger partial charge on any atom is 0.170 e. The summed E-state index contributed by atoms with van der Waals surface area (Å²) in [6.07, 6.45) is 7.48. The van der Waals surface area contributed by atoms with Crippen molar-refractivity contribution in [3.05, 3.63) is 18.0 Å². The SMILES string of the molecule is O=Cc1ccn(CCCCCCBr)n1. The molecule has 14 heavy (non-hydrogen) atoms. The molecule has 78 valence electrons. The zero-order chi connectivity index (χ0) is 10.2. The van der Waals surface area contributed by atoms with Gasteiger partial charge in [-0.3, -0.25) is 9.48 Å². The first-order valence-electron chi connectivity index (χ1n) is 4.91. The highest BCUT2D eigenvalue weighted by Gasteiger charge is 1.96. The topological polar surface area (TPSA) is 34.9 Å². The Morgan fingerprint density at radius 3 is 2.79 bits per heavy atom. The van der Waals surface area contributed by atoms with Gasteiger partial charge in [0.25, 0.3) is 0 Å². The first kappa shape index (κ1) is 11.4. The zero-order valence-electron chi connectivity index (χ0n) is 8.16. The third-order valence-corrected chi connectivity index (χ3v) is 2.61. The van der Waals surface area contributed by atoms with Crippen molar-refractivity contribution in [1.29, 1.82) is 0 Å². The maximum atomic E-state index is 10.4. The predicted octanol–water partition coefficient (Wildman–Crippen LogP) is 2.65. The number of carbonyl (C=O) groups is 1. The van der Waals surface area contributed by atoms with E-state index in [2.05, 4.69) is 21.0 Å². The van der Waals surface area contributed by atoms with Gasteiger partial charge in [0.1, 0.15) is 5.69 Å². The Morgan fingerprint density at radius 1 is 1.36 bits per heavy atom. The molecule has 4 heteroatoms. The van der Waals surface area contributed by atoms with Gasteiger partial charge in [0.2, 0.25) is 0 Å². The maximum absolute atomic E-state index is 10.4. The normalized spacial score (nSPS) is 10.4. The number of hydrogen-bond donors (Lipinski definition) is 0. The van der Waals surface area contributed by atoms with Crippen molar-refractivity contribution in [2.75, 3.05) is 5.33 Å². The zero-order valence-corrected chi connectivity index (χ0v) is 9.74. The molecule has 0 aliphatic heterocycles. The quantitative estimate of drug-likeness (QED) is 0.428. The van der Waals surface area contributed by atoms with E-state index in [1.165, 1.54) is 19.3 Å². The van der Waals surface area contributed by atoms with Crippen molar-refractivity contribution in [2.45, 2.75) is 32.2 Å². The summed E-state index contributed by atoms with van der Waals surface area (Å²) in [5.41, 5.74) is 0.519. The Balaban J connectivity index is 2.14. The molecule has 0 N–H and O–H groups in total. The van der Waals surface area contributed by atoms with Crippen LogP contribution in [-0.4, -0.2) is 21.4 Å². The second kappa shape index (κ2) is 6.76. The number of aryl methyl sites for hydroxylation is 1. The lowest BCUT2D eigenvalue weighted by Gasteiger charge is -2.00. The van der Waals surface area contributed by atoms with E-state index in [9.17, 15) is 4.79 Å². The summed E-state index contributed by atoms with van der Waals surface area (Å²) in [7, 11) is 0. The van der Waals surface area contributed by atoms with Gasteiger partial charge in [-0.05, 0) is 18.9 Å². The Bertz CT molecular complexity index is 273. The van der Waals surface area contributed by atoms with Crippen molar-refractivity contribution in [1.82, 2.24) is 9.78 Å². The molecule has 0 atom stereocenters. The molecule has 0 bridgehead atoms. The van der Waals surface area contributed by atoms with E-state index >= 15 is 0 Å². The molecule has 0 fully saturated rings. The smallest absolute Gasteiger partial charge is 0.170 e. The van der Waals surface area contributed by atoms with Crippen molar-refractivity contribution in [3.63, 3.8) is 0 Å². The second-order valence-corrected chi connectivity index (χ2v) is 4.02. The molecule has 0 spiro atoms. The molecule has 0 radical (unpaired) electrons. The second-order valence-electron chi connectivity index (χ2n) is 3.22. The van der Waals surface area contributed by atoms with Crippen LogP contribution in [0, 0.1) is 0 Å². The van der Waals surface area contributed by atoms with Crippen molar-refractivity contribution < 1.29 is 4.79 Å².